The van der Waals surface area contributed by atoms with Gasteiger partial charge in [0.25, 0.3) is 0 Å². The molecule has 20 heavy (non-hydrogen) atoms. The second-order valence-corrected chi connectivity index (χ2v) is 5.05. The van der Waals surface area contributed by atoms with Gasteiger partial charge < -0.3 is 15.2 Å². The molecule has 0 radical (unpaired) electrons. The van der Waals surface area contributed by atoms with Crippen LogP contribution in [-0.2, 0) is 16.0 Å². The van der Waals surface area contributed by atoms with Crippen LogP contribution in [0.2, 0.25) is 5.02 Å². The molecule has 0 fully saturated rings. The van der Waals surface area contributed by atoms with Crippen molar-refractivity contribution in [1.82, 2.24) is 5.32 Å². The van der Waals surface area contributed by atoms with Crippen LogP contribution >= 0.6 is 11.6 Å². The molecule has 2 atom stereocenters. The van der Waals surface area contributed by atoms with Crippen LogP contribution in [0.5, 0.6) is 5.75 Å². The molecule has 0 saturated carbocycles. The zero-order chi connectivity index (χ0) is 15.3. The quantitative estimate of drug-likeness (QED) is 0.843. The molecule has 1 amide bonds. The molecule has 0 spiro atoms. The van der Waals surface area contributed by atoms with E-state index in [4.69, 9.17) is 21.4 Å². The standard InChI is InChI=1S/C14H18ClNO4/c1-8(14(18)19)9(2)16-13(17)7-10-6-11(15)4-5-12(10)20-3/h4-6,8-9H,7H2,1-3H3,(H,16,17)(H,18,19). The smallest absolute Gasteiger partial charge is 0.308 e. The predicted octanol–water partition coefficient (Wildman–Crippen LogP) is 2.12. The Hall–Kier alpha value is -1.75. The molecule has 0 aromatic heterocycles. The topological polar surface area (TPSA) is 75.6 Å². The highest BCUT2D eigenvalue weighted by molar-refractivity contribution is 6.30. The van der Waals surface area contributed by atoms with Gasteiger partial charge in [0.2, 0.25) is 5.91 Å². The molecule has 0 aliphatic heterocycles. The molecule has 2 unspecified atom stereocenters. The normalized spacial score (nSPS) is 13.4. The van der Waals surface area contributed by atoms with Crippen LogP contribution in [0.15, 0.2) is 18.2 Å². The SMILES string of the molecule is COc1ccc(Cl)cc1CC(=O)NC(C)C(C)C(=O)O. The fourth-order valence-electron chi connectivity index (χ4n) is 1.70. The Morgan fingerprint density at radius 3 is 2.60 bits per heavy atom. The van der Waals surface area contributed by atoms with Crippen LogP contribution in [-0.4, -0.2) is 30.1 Å². The number of benzene rings is 1. The van der Waals surface area contributed by atoms with Gasteiger partial charge in [0.05, 0.1) is 19.4 Å². The van der Waals surface area contributed by atoms with Gasteiger partial charge in [-0.3, -0.25) is 9.59 Å². The minimum absolute atomic E-state index is 0.0837. The second-order valence-electron chi connectivity index (χ2n) is 4.62. The Kier molecular flexibility index (Phi) is 5.82. The number of ether oxygens (including phenoxy) is 1. The van der Waals surface area contributed by atoms with Crippen LogP contribution in [0.25, 0.3) is 0 Å². The van der Waals surface area contributed by atoms with Gasteiger partial charge in [0, 0.05) is 16.6 Å². The van der Waals surface area contributed by atoms with E-state index < -0.39 is 17.9 Å². The van der Waals surface area contributed by atoms with Crippen molar-refractivity contribution < 1.29 is 19.4 Å². The molecule has 1 aromatic rings. The van der Waals surface area contributed by atoms with Gasteiger partial charge in [-0.1, -0.05) is 11.6 Å². The zero-order valence-electron chi connectivity index (χ0n) is 11.6. The number of rotatable bonds is 6. The van der Waals surface area contributed by atoms with Crippen LogP contribution in [0.3, 0.4) is 0 Å². The van der Waals surface area contributed by atoms with Crippen molar-refractivity contribution in [3.05, 3.63) is 28.8 Å². The van der Waals surface area contributed by atoms with E-state index in [1.165, 1.54) is 7.11 Å². The van der Waals surface area contributed by atoms with Crippen molar-refractivity contribution in [1.29, 1.82) is 0 Å². The van der Waals surface area contributed by atoms with Crippen molar-refractivity contribution in [3.8, 4) is 5.75 Å². The van der Waals surface area contributed by atoms with Crippen molar-refractivity contribution in [3.63, 3.8) is 0 Å². The van der Waals surface area contributed by atoms with E-state index in [1.807, 2.05) is 0 Å². The number of carboxylic acids is 1. The summed E-state index contributed by atoms with van der Waals surface area (Å²) in [6.45, 7) is 3.21. The molecule has 110 valence electrons. The van der Waals surface area contributed by atoms with Crippen LogP contribution < -0.4 is 10.1 Å². The Morgan fingerprint density at radius 1 is 1.40 bits per heavy atom. The maximum absolute atomic E-state index is 11.9. The van der Waals surface area contributed by atoms with Crippen LogP contribution in [0, 0.1) is 5.92 Å². The third-order valence-electron chi connectivity index (χ3n) is 3.12. The van der Waals surface area contributed by atoms with E-state index in [0.29, 0.717) is 16.3 Å². The second kappa shape index (κ2) is 7.14. The number of nitrogens with one attached hydrogen (secondary N) is 1. The zero-order valence-corrected chi connectivity index (χ0v) is 12.4. The fraction of sp³-hybridized carbons (Fsp3) is 0.429. The van der Waals surface area contributed by atoms with Gasteiger partial charge in [0.15, 0.2) is 0 Å². The number of aliphatic carboxylic acids is 1. The Morgan fingerprint density at radius 2 is 2.05 bits per heavy atom. The van der Waals surface area contributed by atoms with E-state index in [-0.39, 0.29) is 12.3 Å². The third-order valence-corrected chi connectivity index (χ3v) is 3.36. The first kappa shape index (κ1) is 16.3. The molecule has 0 aliphatic rings. The van der Waals surface area contributed by atoms with Crippen LogP contribution in [0.1, 0.15) is 19.4 Å². The van der Waals surface area contributed by atoms with Gasteiger partial charge in [-0.05, 0) is 32.0 Å². The monoisotopic (exact) mass is 299 g/mol. The summed E-state index contributed by atoms with van der Waals surface area (Å²) < 4.78 is 5.16. The fourth-order valence-corrected chi connectivity index (χ4v) is 1.90. The molecule has 2 N–H and O–H groups in total. The minimum Gasteiger partial charge on any atom is -0.496 e. The number of carbonyl (C=O) groups excluding carboxylic acids is 1. The molecule has 0 heterocycles. The number of carbonyl (C=O) groups is 2. The van der Waals surface area contributed by atoms with Gasteiger partial charge in [-0.25, -0.2) is 0 Å². The first-order chi connectivity index (χ1) is 9.35. The average molecular weight is 300 g/mol. The third kappa shape index (κ3) is 4.42. The van der Waals surface area contributed by atoms with E-state index in [1.54, 1.807) is 32.0 Å². The lowest BCUT2D eigenvalue weighted by atomic mass is 10.0. The number of carboxylic acid groups (broad SMARTS) is 1. The highest BCUT2D eigenvalue weighted by atomic mass is 35.5. The highest BCUT2D eigenvalue weighted by Crippen LogP contribution is 2.23. The molecule has 1 rings (SSSR count). The summed E-state index contributed by atoms with van der Waals surface area (Å²) in [5.74, 6) is -1.30. The van der Waals surface area contributed by atoms with Gasteiger partial charge in [0.1, 0.15) is 5.75 Å². The first-order valence-electron chi connectivity index (χ1n) is 6.19. The van der Waals surface area contributed by atoms with E-state index in [9.17, 15) is 9.59 Å². The average Bonchev–Trinajstić information content (AvgIpc) is 2.37. The summed E-state index contributed by atoms with van der Waals surface area (Å²) in [6.07, 6.45) is 0.0837. The number of hydrogen-bond acceptors (Lipinski definition) is 3. The maximum atomic E-state index is 11.9. The van der Waals surface area contributed by atoms with E-state index in [0.717, 1.165) is 0 Å². The molecule has 5 nitrogen and oxygen atoms in total. The summed E-state index contributed by atoms with van der Waals surface area (Å²) in [4.78, 5) is 22.8. The lowest BCUT2D eigenvalue weighted by molar-refractivity contribution is -0.142. The lowest BCUT2D eigenvalue weighted by Gasteiger charge is -2.18. The summed E-state index contributed by atoms with van der Waals surface area (Å²) in [6, 6.07) is 4.57. The largest absolute Gasteiger partial charge is 0.496 e. The number of hydrogen-bond donors (Lipinski definition) is 2. The molecule has 0 bridgehead atoms. The van der Waals surface area contributed by atoms with Gasteiger partial charge >= 0.3 is 5.97 Å². The Labute approximate surface area is 122 Å². The lowest BCUT2D eigenvalue weighted by Crippen LogP contribution is -2.40. The van der Waals surface area contributed by atoms with Crippen molar-refractivity contribution in [2.24, 2.45) is 5.92 Å². The van der Waals surface area contributed by atoms with E-state index in [2.05, 4.69) is 5.32 Å². The summed E-state index contributed by atoms with van der Waals surface area (Å²) in [5.41, 5.74) is 0.660. The highest BCUT2D eigenvalue weighted by Gasteiger charge is 2.21. The van der Waals surface area contributed by atoms with E-state index >= 15 is 0 Å². The first-order valence-corrected chi connectivity index (χ1v) is 6.57. The molecule has 1 aromatic carbocycles. The summed E-state index contributed by atoms with van der Waals surface area (Å²) >= 11 is 5.89. The molecule has 6 heteroatoms. The Balaban J connectivity index is 2.71. The molecule has 0 aliphatic carbocycles. The molecule has 0 saturated heterocycles. The molecular formula is C14H18ClNO4. The maximum Gasteiger partial charge on any atom is 0.308 e. The van der Waals surface area contributed by atoms with Crippen molar-refractivity contribution >= 4 is 23.5 Å². The summed E-state index contributed by atoms with van der Waals surface area (Å²) in [5, 5.41) is 12.1. The number of methoxy groups -OCH3 is 1. The number of amides is 1. The predicted molar refractivity (Wildman–Crippen MR) is 76.1 cm³/mol. The Bertz CT molecular complexity index is 504. The van der Waals surface area contributed by atoms with Crippen LogP contribution in [0.4, 0.5) is 0 Å². The molecular weight excluding hydrogens is 282 g/mol. The van der Waals surface area contributed by atoms with Crippen molar-refractivity contribution in [2.75, 3.05) is 7.11 Å². The van der Waals surface area contributed by atoms with Crippen molar-refractivity contribution in [2.45, 2.75) is 26.3 Å². The summed E-state index contributed by atoms with van der Waals surface area (Å²) in [7, 11) is 1.51. The van der Waals surface area contributed by atoms with Gasteiger partial charge in [-0.15, -0.1) is 0 Å². The minimum atomic E-state index is -0.946. The van der Waals surface area contributed by atoms with Gasteiger partial charge in [-0.2, -0.15) is 0 Å². The number of halogens is 1.